The van der Waals surface area contributed by atoms with Gasteiger partial charge in [-0.3, -0.25) is 4.79 Å². The summed E-state index contributed by atoms with van der Waals surface area (Å²) < 4.78 is 1.97. The van der Waals surface area contributed by atoms with Gasteiger partial charge in [-0.15, -0.1) is 6.58 Å². The van der Waals surface area contributed by atoms with Crippen LogP contribution >= 0.6 is 0 Å². The number of hydrogen-bond donors (Lipinski definition) is 0. The van der Waals surface area contributed by atoms with Crippen LogP contribution < -0.4 is 0 Å². The fourth-order valence-electron chi connectivity index (χ4n) is 2.04. The number of amides is 1. The zero-order valence-electron chi connectivity index (χ0n) is 13.9. The zero-order valence-corrected chi connectivity index (χ0v) is 13.9. The maximum atomic E-state index is 12.4. The van der Waals surface area contributed by atoms with E-state index in [1.54, 1.807) is 6.20 Å². The van der Waals surface area contributed by atoms with Crippen molar-refractivity contribution in [3.8, 4) is 0 Å². The molecule has 0 saturated heterocycles. The van der Waals surface area contributed by atoms with Crippen LogP contribution in [-0.4, -0.2) is 26.9 Å². The van der Waals surface area contributed by atoms with Gasteiger partial charge in [-0.1, -0.05) is 26.8 Å². The van der Waals surface area contributed by atoms with Gasteiger partial charge in [0.15, 0.2) is 0 Å². The smallest absolute Gasteiger partial charge is 0.222 e. The molecule has 1 aromatic heterocycles. The fraction of sp³-hybridized carbons (Fsp3) is 0.647. The zero-order chi connectivity index (χ0) is 15.9. The van der Waals surface area contributed by atoms with Crippen LogP contribution in [0.4, 0.5) is 0 Å². The maximum Gasteiger partial charge on any atom is 0.222 e. The van der Waals surface area contributed by atoms with Crippen molar-refractivity contribution < 1.29 is 4.79 Å². The second kappa shape index (κ2) is 8.01. The Morgan fingerprint density at radius 2 is 2.19 bits per heavy atom. The van der Waals surface area contributed by atoms with Crippen molar-refractivity contribution >= 4 is 5.91 Å². The molecule has 0 spiro atoms. The minimum absolute atomic E-state index is 0.212. The Morgan fingerprint density at radius 1 is 1.48 bits per heavy atom. The highest BCUT2D eigenvalue weighted by Gasteiger charge is 2.19. The van der Waals surface area contributed by atoms with Gasteiger partial charge in [0.25, 0.3) is 0 Å². The molecule has 1 aromatic rings. The number of carbonyl (C=O) groups excluding carboxylic acids is 1. The van der Waals surface area contributed by atoms with Gasteiger partial charge >= 0.3 is 0 Å². The lowest BCUT2D eigenvalue weighted by Gasteiger charge is -2.27. The number of allylic oxidation sites excluding steroid dienone is 1. The van der Waals surface area contributed by atoms with E-state index in [4.69, 9.17) is 0 Å². The highest BCUT2D eigenvalue weighted by molar-refractivity contribution is 5.76. The minimum atomic E-state index is 0.212. The maximum absolute atomic E-state index is 12.4. The average molecular weight is 291 g/mol. The molecule has 0 saturated carbocycles. The van der Waals surface area contributed by atoms with E-state index in [-0.39, 0.29) is 11.3 Å². The molecule has 21 heavy (non-hydrogen) atoms. The molecule has 0 N–H and O–H groups in total. The predicted molar refractivity (Wildman–Crippen MR) is 86.7 cm³/mol. The second-order valence-electron chi connectivity index (χ2n) is 6.76. The van der Waals surface area contributed by atoms with Crippen LogP contribution in [0.25, 0.3) is 0 Å². The molecule has 0 unspecified atom stereocenters. The molecule has 0 aromatic carbocycles. The quantitative estimate of drug-likeness (QED) is 0.543. The third kappa shape index (κ3) is 6.61. The summed E-state index contributed by atoms with van der Waals surface area (Å²) in [4.78, 5) is 18.7. The first-order valence-electron chi connectivity index (χ1n) is 7.68. The van der Waals surface area contributed by atoms with Gasteiger partial charge in [-0.2, -0.15) is 0 Å². The van der Waals surface area contributed by atoms with Gasteiger partial charge in [-0.25, -0.2) is 4.98 Å². The summed E-state index contributed by atoms with van der Waals surface area (Å²) in [6.07, 6.45) is 8.89. The standard InChI is InChI=1S/C17H29N3O/c1-6-7-8-9-16(21)20(12-10-17(2,3)4)14-15-18-11-13-19(15)5/h6,11,13H,1,7-10,12,14H2,2-5H3. The molecular weight excluding hydrogens is 262 g/mol. The van der Waals surface area contributed by atoms with Gasteiger partial charge < -0.3 is 9.47 Å². The molecule has 4 heteroatoms. The number of imidazole rings is 1. The highest BCUT2D eigenvalue weighted by Crippen LogP contribution is 2.20. The first-order chi connectivity index (χ1) is 9.83. The Bertz CT molecular complexity index is 457. The summed E-state index contributed by atoms with van der Waals surface area (Å²) in [5, 5.41) is 0. The summed E-state index contributed by atoms with van der Waals surface area (Å²) in [6, 6.07) is 0. The fourth-order valence-corrected chi connectivity index (χ4v) is 2.04. The predicted octanol–water partition coefficient (Wildman–Crippen LogP) is 3.54. The number of hydrogen-bond acceptors (Lipinski definition) is 2. The topological polar surface area (TPSA) is 38.1 Å². The monoisotopic (exact) mass is 291 g/mol. The van der Waals surface area contributed by atoms with Crippen LogP contribution in [0.2, 0.25) is 0 Å². The molecule has 0 aliphatic carbocycles. The number of unbranched alkanes of at least 4 members (excludes halogenated alkanes) is 1. The molecule has 1 heterocycles. The molecule has 1 amide bonds. The molecule has 118 valence electrons. The minimum Gasteiger partial charge on any atom is -0.337 e. The average Bonchev–Trinajstić information content (AvgIpc) is 2.79. The van der Waals surface area contributed by atoms with E-state index in [1.807, 2.05) is 28.8 Å². The van der Waals surface area contributed by atoms with Crippen LogP contribution in [0.3, 0.4) is 0 Å². The normalized spacial score (nSPS) is 11.4. The molecule has 0 radical (unpaired) electrons. The van der Waals surface area contributed by atoms with Gasteiger partial charge in [-0.05, 0) is 24.7 Å². The Morgan fingerprint density at radius 3 is 2.71 bits per heavy atom. The van der Waals surface area contributed by atoms with Crippen molar-refractivity contribution in [1.29, 1.82) is 0 Å². The van der Waals surface area contributed by atoms with Crippen molar-refractivity contribution in [2.45, 2.75) is 53.0 Å². The third-order valence-electron chi connectivity index (χ3n) is 3.54. The number of carbonyl (C=O) groups is 1. The number of rotatable bonds is 8. The van der Waals surface area contributed by atoms with E-state index in [1.165, 1.54) is 0 Å². The second-order valence-corrected chi connectivity index (χ2v) is 6.76. The molecule has 0 fully saturated rings. The number of nitrogens with zero attached hydrogens (tertiary/aromatic N) is 3. The largest absolute Gasteiger partial charge is 0.337 e. The Kier molecular flexibility index (Phi) is 6.66. The van der Waals surface area contributed by atoms with E-state index in [9.17, 15) is 4.79 Å². The van der Waals surface area contributed by atoms with Gasteiger partial charge in [0.2, 0.25) is 5.91 Å². The summed E-state index contributed by atoms with van der Waals surface area (Å²) >= 11 is 0. The van der Waals surface area contributed by atoms with E-state index >= 15 is 0 Å². The van der Waals surface area contributed by atoms with Crippen LogP contribution in [0.5, 0.6) is 0 Å². The molecule has 0 aliphatic heterocycles. The van der Waals surface area contributed by atoms with Gasteiger partial charge in [0.1, 0.15) is 5.82 Å². The Balaban J connectivity index is 2.67. The highest BCUT2D eigenvalue weighted by atomic mass is 16.2. The molecule has 4 nitrogen and oxygen atoms in total. The van der Waals surface area contributed by atoms with E-state index in [2.05, 4.69) is 32.3 Å². The lowest BCUT2D eigenvalue weighted by atomic mass is 9.92. The Labute approximate surface area is 128 Å². The van der Waals surface area contributed by atoms with Crippen LogP contribution in [0.1, 0.15) is 52.3 Å². The van der Waals surface area contributed by atoms with E-state index < -0.39 is 0 Å². The third-order valence-corrected chi connectivity index (χ3v) is 3.54. The summed E-state index contributed by atoms with van der Waals surface area (Å²) in [5.41, 5.74) is 0.223. The number of aromatic nitrogens is 2. The van der Waals surface area contributed by atoms with Crippen LogP contribution in [0, 0.1) is 5.41 Å². The van der Waals surface area contributed by atoms with Crippen LogP contribution in [-0.2, 0) is 18.4 Å². The number of aryl methyl sites for hydroxylation is 1. The van der Waals surface area contributed by atoms with E-state index in [0.29, 0.717) is 13.0 Å². The van der Waals surface area contributed by atoms with E-state index in [0.717, 1.165) is 31.6 Å². The molecular formula is C17H29N3O. The SMILES string of the molecule is C=CCCCC(=O)N(CCC(C)(C)C)Cc1nccn1C. The first kappa shape index (κ1) is 17.5. The van der Waals surface area contributed by atoms with Crippen molar-refractivity contribution in [3.05, 3.63) is 30.9 Å². The molecule has 0 bridgehead atoms. The van der Waals surface area contributed by atoms with Crippen molar-refractivity contribution in [1.82, 2.24) is 14.5 Å². The van der Waals surface area contributed by atoms with Crippen molar-refractivity contribution in [2.24, 2.45) is 12.5 Å². The lowest BCUT2D eigenvalue weighted by molar-refractivity contribution is -0.132. The first-order valence-corrected chi connectivity index (χ1v) is 7.68. The summed E-state index contributed by atoms with van der Waals surface area (Å²) in [5.74, 6) is 1.14. The van der Waals surface area contributed by atoms with Crippen LogP contribution in [0.15, 0.2) is 25.0 Å². The molecule has 0 atom stereocenters. The Hall–Kier alpha value is -1.58. The van der Waals surface area contributed by atoms with Crippen molar-refractivity contribution in [3.63, 3.8) is 0 Å². The van der Waals surface area contributed by atoms with Crippen molar-refractivity contribution in [2.75, 3.05) is 6.54 Å². The summed E-state index contributed by atoms with van der Waals surface area (Å²) in [6.45, 7) is 11.7. The van der Waals surface area contributed by atoms with Gasteiger partial charge in [0.05, 0.1) is 6.54 Å². The molecule has 1 rings (SSSR count). The molecule has 0 aliphatic rings. The van der Waals surface area contributed by atoms with Gasteiger partial charge in [0, 0.05) is 32.4 Å². The summed E-state index contributed by atoms with van der Waals surface area (Å²) in [7, 11) is 1.96. The lowest BCUT2D eigenvalue weighted by Crippen LogP contribution is -2.34.